The Morgan fingerprint density at radius 2 is 2.05 bits per heavy atom. The van der Waals surface area contributed by atoms with Crippen molar-refractivity contribution < 1.29 is 4.39 Å². The number of aryl methyl sites for hydroxylation is 1. The first kappa shape index (κ1) is 13.4. The van der Waals surface area contributed by atoms with Gasteiger partial charge in [0.2, 0.25) is 5.95 Å². The second-order valence-electron chi connectivity index (χ2n) is 4.49. The van der Waals surface area contributed by atoms with Gasteiger partial charge in [-0.1, -0.05) is 33.6 Å². The van der Waals surface area contributed by atoms with Gasteiger partial charge in [0.15, 0.2) is 0 Å². The molecule has 0 aliphatic carbocycles. The summed E-state index contributed by atoms with van der Waals surface area (Å²) in [6.45, 7) is 1.96. The molecule has 0 saturated carbocycles. The zero-order valence-electron chi connectivity index (χ0n) is 10.5. The minimum atomic E-state index is -0.493. The first-order valence-corrected chi connectivity index (χ1v) is 7.04. The van der Waals surface area contributed by atoms with Gasteiger partial charge in [-0.05, 0) is 30.7 Å². The highest BCUT2D eigenvalue weighted by atomic mass is 79.9. The molecule has 1 aromatic heterocycles. The maximum Gasteiger partial charge on any atom is 0.205 e. The number of anilines is 1. The summed E-state index contributed by atoms with van der Waals surface area (Å²) in [6, 6.07) is 8.63. The molecule has 1 heterocycles. The van der Waals surface area contributed by atoms with Crippen LogP contribution in [0, 0.1) is 12.7 Å². The van der Waals surface area contributed by atoms with E-state index in [2.05, 4.69) is 20.9 Å². The summed E-state index contributed by atoms with van der Waals surface area (Å²) >= 11 is 9.21. The monoisotopic (exact) mass is 353 g/mol. The SMILES string of the molecule is Cc1ccc(Br)cc1-n1c(N)nc2cc(Cl)c(F)cc21. The van der Waals surface area contributed by atoms with Crippen molar-refractivity contribution in [1.29, 1.82) is 0 Å². The normalized spacial score (nSPS) is 11.2. The number of hydrogen-bond acceptors (Lipinski definition) is 2. The third kappa shape index (κ3) is 2.07. The van der Waals surface area contributed by atoms with Crippen molar-refractivity contribution in [1.82, 2.24) is 9.55 Å². The molecule has 0 bridgehead atoms. The van der Waals surface area contributed by atoms with E-state index in [1.54, 1.807) is 4.57 Å². The van der Waals surface area contributed by atoms with Crippen LogP contribution in [0.1, 0.15) is 5.56 Å². The fourth-order valence-corrected chi connectivity index (χ4v) is 2.67. The van der Waals surface area contributed by atoms with Gasteiger partial charge in [0.25, 0.3) is 0 Å². The van der Waals surface area contributed by atoms with Crippen LogP contribution in [0.3, 0.4) is 0 Å². The summed E-state index contributed by atoms with van der Waals surface area (Å²) < 4.78 is 16.3. The molecule has 0 saturated heterocycles. The van der Waals surface area contributed by atoms with Gasteiger partial charge in [-0.2, -0.15) is 0 Å². The van der Waals surface area contributed by atoms with Gasteiger partial charge in [0.1, 0.15) is 5.82 Å². The summed E-state index contributed by atoms with van der Waals surface area (Å²) in [5.41, 5.74) is 8.98. The molecular weight excluding hydrogens is 345 g/mol. The maximum atomic E-state index is 13.7. The standard InChI is InChI=1S/C14H10BrClFN3/c1-7-2-3-8(15)4-12(7)20-13-6-10(17)9(16)5-11(13)19-14(20)18/h2-6H,1H3,(H2,18,19). The summed E-state index contributed by atoms with van der Waals surface area (Å²) in [5.74, 6) is -0.198. The third-order valence-electron chi connectivity index (χ3n) is 3.13. The maximum absolute atomic E-state index is 13.7. The van der Waals surface area contributed by atoms with Crippen molar-refractivity contribution in [3.63, 3.8) is 0 Å². The lowest BCUT2D eigenvalue weighted by Crippen LogP contribution is -2.02. The minimum Gasteiger partial charge on any atom is -0.369 e. The van der Waals surface area contributed by atoms with E-state index in [9.17, 15) is 4.39 Å². The van der Waals surface area contributed by atoms with E-state index in [0.29, 0.717) is 17.0 Å². The molecule has 0 unspecified atom stereocenters. The molecule has 0 fully saturated rings. The van der Waals surface area contributed by atoms with Crippen LogP contribution in [-0.4, -0.2) is 9.55 Å². The van der Waals surface area contributed by atoms with Crippen LogP contribution < -0.4 is 5.73 Å². The van der Waals surface area contributed by atoms with Crippen LogP contribution in [0.4, 0.5) is 10.3 Å². The molecule has 0 amide bonds. The van der Waals surface area contributed by atoms with Crippen LogP contribution >= 0.6 is 27.5 Å². The number of halogens is 3. The molecule has 0 aliphatic rings. The molecule has 0 aliphatic heterocycles. The number of nitrogens with two attached hydrogens (primary N) is 1. The van der Waals surface area contributed by atoms with E-state index < -0.39 is 5.82 Å². The highest BCUT2D eigenvalue weighted by Gasteiger charge is 2.14. The first-order chi connectivity index (χ1) is 9.47. The van der Waals surface area contributed by atoms with Crippen molar-refractivity contribution >= 4 is 44.5 Å². The van der Waals surface area contributed by atoms with E-state index in [4.69, 9.17) is 17.3 Å². The van der Waals surface area contributed by atoms with Crippen molar-refractivity contribution in [2.24, 2.45) is 0 Å². The molecule has 102 valence electrons. The molecule has 2 aromatic carbocycles. The predicted molar refractivity (Wildman–Crippen MR) is 82.9 cm³/mol. The lowest BCUT2D eigenvalue weighted by molar-refractivity contribution is 0.629. The summed E-state index contributed by atoms with van der Waals surface area (Å²) in [7, 11) is 0. The van der Waals surface area contributed by atoms with E-state index in [1.165, 1.54) is 12.1 Å². The molecule has 3 aromatic rings. The largest absolute Gasteiger partial charge is 0.369 e. The number of nitrogen functional groups attached to an aromatic ring is 1. The number of aromatic nitrogens is 2. The highest BCUT2D eigenvalue weighted by molar-refractivity contribution is 9.10. The summed E-state index contributed by atoms with van der Waals surface area (Å²) in [5, 5.41) is 0.0353. The Hall–Kier alpha value is -1.59. The van der Waals surface area contributed by atoms with Crippen molar-refractivity contribution in [3.05, 3.63) is 51.2 Å². The van der Waals surface area contributed by atoms with Gasteiger partial charge in [-0.25, -0.2) is 9.37 Å². The van der Waals surface area contributed by atoms with Crippen molar-refractivity contribution in [3.8, 4) is 5.69 Å². The fourth-order valence-electron chi connectivity index (χ4n) is 2.17. The van der Waals surface area contributed by atoms with Crippen molar-refractivity contribution in [2.75, 3.05) is 5.73 Å². The molecule has 2 N–H and O–H groups in total. The topological polar surface area (TPSA) is 43.8 Å². The number of hydrogen-bond donors (Lipinski definition) is 1. The van der Waals surface area contributed by atoms with Gasteiger partial charge >= 0.3 is 0 Å². The van der Waals surface area contributed by atoms with Gasteiger partial charge < -0.3 is 5.73 Å². The Kier molecular flexibility index (Phi) is 3.18. The molecule has 0 spiro atoms. The van der Waals surface area contributed by atoms with E-state index in [0.717, 1.165) is 15.7 Å². The van der Waals surface area contributed by atoms with E-state index >= 15 is 0 Å². The molecular formula is C14H10BrClFN3. The number of benzene rings is 2. The van der Waals surface area contributed by atoms with Gasteiger partial charge in [0.05, 0.1) is 21.7 Å². The highest BCUT2D eigenvalue weighted by Crippen LogP contribution is 2.30. The lowest BCUT2D eigenvalue weighted by Gasteiger charge is -2.10. The second kappa shape index (κ2) is 4.75. The fraction of sp³-hybridized carbons (Fsp3) is 0.0714. The zero-order chi connectivity index (χ0) is 14.4. The third-order valence-corrected chi connectivity index (χ3v) is 3.92. The van der Waals surface area contributed by atoms with Gasteiger partial charge in [-0.15, -0.1) is 0 Å². The second-order valence-corrected chi connectivity index (χ2v) is 5.81. The number of rotatable bonds is 1. The van der Waals surface area contributed by atoms with Crippen LogP contribution in [0.5, 0.6) is 0 Å². The molecule has 20 heavy (non-hydrogen) atoms. The van der Waals surface area contributed by atoms with Crippen LogP contribution in [0.15, 0.2) is 34.8 Å². The quantitative estimate of drug-likeness (QED) is 0.700. The Labute approximate surface area is 128 Å². The van der Waals surface area contributed by atoms with Crippen LogP contribution in [0.2, 0.25) is 5.02 Å². The number of nitrogens with zero attached hydrogens (tertiary/aromatic N) is 2. The minimum absolute atomic E-state index is 0.0353. The predicted octanol–water partition coefficient (Wildman–Crippen LogP) is 4.47. The molecule has 3 nitrogen and oxygen atoms in total. The van der Waals surface area contributed by atoms with E-state index in [1.807, 2.05) is 25.1 Å². The Bertz CT molecular complexity index is 829. The zero-order valence-corrected chi connectivity index (χ0v) is 12.8. The molecule has 3 rings (SSSR count). The smallest absolute Gasteiger partial charge is 0.205 e. The van der Waals surface area contributed by atoms with Crippen molar-refractivity contribution in [2.45, 2.75) is 6.92 Å². The van der Waals surface area contributed by atoms with Crippen LogP contribution in [0.25, 0.3) is 16.7 Å². The number of imidazole rings is 1. The average Bonchev–Trinajstić information content (AvgIpc) is 2.69. The van der Waals surface area contributed by atoms with Gasteiger partial charge in [-0.3, -0.25) is 4.57 Å². The first-order valence-electron chi connectivity index (χ1n) is 5.87. The number of fused-ring (bicyclic) bond motifs is 1. The van der Waals surface area contributed by atoms with E-state index in [-0.39, 0.29) is 5.02 Å². The summed E-state index contributed by atoms with van der Waals surface area (Å²) in [6.07, 6.45) is 0. The average molecular weight is 355 g/mol. The van der Waals surface area contributed by atoms with Crippen LogP contribution in [-0.2, 0) is 0 Å². The van der Waals surface area contributed by atoms with Gasteiger partial charge in [0, 0.05) is 10.5 Å². The molecule has 0 atom stereocenters. The Balaban J connectivity index is 2.38. The molecule has 0 radical (unpaired) electrons. The lowest BCUT2D eigenvalue weighted by atomic mass is 10.2. The summed E-state index contributed by atoms with van der Waals surface area (Å²) in [4.78, 5) is 4.24. The molecule has 6 heteroatoms. The Morgan fingerprint density at radius 3 is 2.80 bits per heavy atom. The Morgan fingerprint density at radius 1 is 1.30 bits per heavy atom.